The second kappa shape index (κ2) is 18.0. The van der Waals surface area contributed by atoms with Crippen LogP contribution in [0.1, 0.15) is 34.9 Å². The molecule has 3 atom stereocenters. The SMILES string of the molecule is CC(Cc1ccccc1)NC(=O)[C@H](Cc1ccc(OCc2ccccc2)cc1)N(C)C(=O)[C@H](Cc1cnc[nH]1)NC(=O)OCc1ccccc1. The maximum absolute atomic E-state index is 14.2. The van der Waals surface area contributed by atoms with Crippen LogP contribution in [0.3, 0.4) is 0 Å². The van der Waals surface area contributed by atoms with Crippen LogP contribution in [-0.2, 0) is 46.8 Å². The van der Waals surface area contributed by atoms with Crippen LogP contribution in [-0.4, -0.2) is 57.9 Å². The van der Waals surface area contributed by atoms with E-state index in [1.807, 2.05) is 122 Å². The Morgan fingerprint density at radius 2 is 1.30 bits per heavy atom. The van der Waals surface area contributed by atoms with Crippen molar-refractivity contribution >= 4 is 17.9 Å². The number of aromatic amines is 1. The molecule has 5 aromatic rings. The van der Waals surface area contributed by atoms with Crippen molar-refractivity contribution in [2.75, 3.05) is 7.05 Å². The lowest BCUT2D eigenvalue weighted by Gasteiger charge is -2.31. The number of alkyl carbamates (subject to hydrolysis) is 1. The van der Waals surface area contributed by atoms with Gasteiger partial charge in [-0.2, -0.15) is 0 Å². The fraction of sp³-hybridized carbons (Fsp3) is 0.250. The molecule has 0 saturated carbocycles. The molecule has 3 N–H and O–H groups in total. The zero-order valence-electron chi connectivity index (χ0n) is 28.3. The molecule has 1 heterocycles. The molecule has 10 heteroatoms. The van der Waals surface area contributed by atoms with Crippen LogP contribution in [0.25, 0.3) is 0 Å². The standard InChI is InChI=1S/C40H43N5O5/c1-29(22-30-12-6-3-7-13-30)43-38(46)37(23-31-18-20-35(21-19-31)49-26-32-14-8-4-9-15-32)45(2)39(47)36(24-34-25-41-28-42-34)44-40(48)50-27-33-16-10-5-11-17-33/h3-21,25,28-29,36-37H,22-24,26-27H2,1-2H3,(H,41,42)(H,43,46)(H,44,48)/t29?,36-,37-/m0/s1. The van der Waals surface area contributed by atoms with E-state index >= 15 is 0 Å². The number of likely N-dealkylation sites (N-methyl/N-ethyl adjacent to an activating group) is 1. The Bertz CT molecular complexity index is 1770. The van der Waals surface area contributed by atoms with Crippen molar-refractivity contribution in [1.82, 2.24) is 25.5 Å². The topological polar surface area (TPSA) is 126 Å². The van der Waals surface area contributed by atoms with Crippen molar-refractivity contribution in [2.45, 2.75) is 57.5 Å². The molecule has 4 aromatic carbocycles. The van der Waals surface area contributed by atoms with Crippen LogP contribution in [0, 0.1) is 0 Å². The van der Waals surface area contributed by atoms with E-state index in [9.17, 15) is 14.4 Å². The largest absolute Gasteiger partial charge is 0.489 e. The highest BCUT2D eigenvalue weighted by Crippen LogP contribution is 2.18. The molecule has 0 saturated heterocycles. The Morgan fingerprint density at radius 3 is 1.90 bits per heavy atom. The number of aromatic nitrogens is 2. The van der Waals surface area contributed by atoms with Gasteiger partial charge in [-0.3, -0.25) is 9.59 Å². The number of hydrogen-bond donors (Lipinski definition) is 3. The maximum atomic E-state index is 14.2. The van der Waals surface area contributed by atoms with Gasteiger partial charge in [0, 0.05) is 37.8 Å². The Morgan fingerprint density at radius 1 is 0.720 bits per heavy atom. The fourth-order valence-corrected chi connectivity index (χ4v) is 5.57. The summed E-state index contributed by atoms with van der Waals surface area (Å²) in [6.07, 6.45) is 3.33. The van der Waals surface area contributed by atoms with Gasteiger partial charge in [-0.1, -0.05) is 103 Å². The van der Waals surface area contributed by atoms with Gasteiger partial charge in [0.2, 0.25) is 11.8 Å². The molecule has 5 rings (SSSR count). The van der Waals surface area contributed by atoms with E-state index in [0.29, 0.717) is 24.5 Å². The van der Waals surface area contributed by atoms with Gasteiger partial charge in [-0.15, -0.1) is 0 Å². The van der Waals surface area contributed by atoms with E-state index in [2.05, 4.69) is 20.6 Å². The van der Waals surface area contributed by atoms with E-state index in [4.69, 9.17) is 9.47 Å². The van der Waals surface area contributed by atoms with Crippen LogP contribution >= 0.6 is 0 Å². The van der Waals surface area contributed by atoms with Crippen LogP contribution < -0.4 is 15.4 Å². The number of nitrogens with zero attached hydrogens (tertiary/aromatic N) is 2. The first-order chi connectivity index (χ1) is 24.3. The molecule has 50 heavy (non-hydrogen) atoms. The van der Waals surface area contributed by atoms with Crippen molar-refractivity contribution in [3.05, 3.63) is 156 Å². The lowest BCUT2D eigenvalue weighted by molar-refractivity contribution is -0.140. The van der Waals surface area contributed by atoms with Crippen molar-refractivity contribution in [3.63, 3.8) is 0 Å². The minimum Gasteiger partial charge on any atom is -0.489 e. The second-order valence-electron chi connectivity index (χ2n) is 12.2. The third-order valence-corrected chi connectivity index (χ3v) is 8.27. The number of carbonyl (C=O) groups is 3. The number of hydrogen-bond acceptors (Lipinski definition) is 6. The first-order valence-corrected chi connectivity index (χ1v) is 16.6. The Labute approximate surface area is 292 Å². The molecule has 1 unspecified atom stereocenters. The molecule has 1 aromatic heterocycles. The van der Waals surface area contributed by atoms with Gasteiger partial charge >= 0.3 is 6.09 Å². The summed E-state index contributed by atoms with van der Waals surface area (Å²) < 4.78 is 11.4. The molecule has 10 nitrogen and oxygen atoms in total. The van der Waals surface area contributed by atoms with Gasteiger partial charge in [0.1, 0.15) is 31.0 Å². The Balaban J connectivity index is 1.31. The molecule has 258 valence electrons. The summed E-state index contributed by atoms with van der Waals surface area (Å²) in [7, 11) is 1.59. The molecular weight excluding hydrogens is 630 g/mol. The summed E-state index contributed by atoms with van der Waals surface area (Å²) in [5.41, 5.74) is 4.44. The zero-order valence-corrected chi connectivity index (χ0v) is 28.3. The number of H-pyrrole nitrogens is 1. The summed E-state index contributed by atoms with van der Waals surface area (Å²) >= 11 is 0. The number of rotatable bonds is 16. The summed E-state index contributed by atoms with van der Waals surface area (Å²) in [4.78, 5) is 49.6. The van der Waals surface area contributed by atoms with Crippen molar-refractivity contribution in [3.8, 4) is 5.75 Å². The second-order valence-corrected chi connectivity index (χ2v) is 12.2. The number of nitrogens with one attached hydrogen (secondary N) is 3. The van der Waals surface area contributed by atoms with Gasteiger partial charge in [-0.25, -0.2) is 9.78 Å². The normalized spacial score (nSPS) is 12.6. The van der Waals surface area contributed by atoms with Gasteiger partial charge in [0.05, 0.1) is 6.33 Å². The van der Waals surface area contributed by atoms with Crippen LogP contribution in [0.4, 0.5) is 4.79 Å². The van der Waals surface area contributed by atoms with E-state index in [1.54, 1.807) is 13.2 Å². The van der Waals surface area contributed by atoms with E-state index < -0.39 is 24.1 Å². The van der Waals surface area contributed by atoms with Crippen LogP contribution in [0.5, 0.6) is 5.75 Å². The highest BCUT2D eigenvalue weighted by Gasteiger charge is 2.33. The highest BCUT2D eigenvalue weighted by atomic mass is 16.5. The molecule has 0 aliphatic heterocycles. The summed E-state index contributed by atoms with van der Waals surface area (Å²) in [6, 6.07) is 34.5. The predicted molar refractivity (Wildman–Crippen MR) is 191 cm³/mol. The third-order valence-electron chi connectivity index (χ3n) is 8.27. The van der Waals surface area contributed by atoms with Crippen LogP contribution in [0.15, 0.2) is 128 Å². The third kappa shape index (κ3) is 10.8. The number of amides is 3. The van der Waals surface area contributed by atoms with Gasteiger partial charge < -0.3 is 30.0 Å². The fourth-order valence-electron chi connectivity index (χ4n) is 5.57. The molecule has 0 fully saturated rings. The highest BCUT2D eigenvalue weighted by molar-refractivity contribution is 5.91. The van der Waals surface area contributed by atoms with Crippen LogP contribution in [0.2, 0.25) is 0 Å². The number of benzene rings is 4. The number of imidazole rings is 1. The lowest BCUT2D eigenvalue weighted by atomic mass is 10.0. The van der Waals surface area contributed by atoms with E-state index in [-0.39, 0.29) is 31.4 Å². The first kappa shape index (κ1) is 35.4. The maximum Gasteiger partial charge on any atom is 0.408 e. The average Bonchev–Trinajstić information content (AvgIpc) is 3.66. The van der Waals surface area contributed by atoms with Gasteiger partial charge in [0.25, 0.3) is 0 Å². The summed E-state index contributed by atoms with van der Waals surface area (Å²) in [5, 5.41) is 5.84. The van der Waals surface area contributed by atoms with Gasteiger partial charge in [-0.05, 0) is 47.7 Å². The molecular formula is C40H43N5O5. The van der Waals surface area contributed by atoms with Crippen molar-refractivity contribution in [1.29, 1.82) is 0 Å². The van der Waals surface area contributed by atoms with E-state index in [0.717, 1.165) is 22.3 Å². The Hall–Kier alpha value is -5.90. The van der Waals surface area contributed by atoms with E-state index in [1.165, 1.54) is 11.2 Å². The lowest BCUT2D eigenvalue weighted by Crippen LogP contribution is -2.56. The molecule has 0 bridgehead atoms. The monoisotopic (exact) mass is 673 g/mol. The molecule has 3 amide bonds. The minimum atomic E-state index is -1.03. The zero-order chi connectivity index (χ0) is 35.1. The van der Waals surface area contributed by atoms with Crippen molar-refractivity contribution < 1.29 is 23.9 Å². The molecule has 0 spiro atoms. The summed E-state index contributed by atoms with van der Waals surface area (Å²) in [5.74, 6) is -0.0621. The molecule has 0 aliphatic carbocycles. The summed E-state index contributed by atoms with van der Waals surface area (Å²) in [6.45, 7) is 2.41. The number of ether oxygens (including phenoxy) is 2. The molecule has 0 aliphatic rings. The Kier molecular flexibility index (Phi) is 12.8. The predicted octanol–water partition coefficient (Wildman–Crippen LogP) is 5.64. The van der Waals surface area contributed by atoms with Gasteiger partial charge in [0.15, 0.2) is 0 Å². The van der Waals surface area contributed by atoms with Crippen molar-refractivity contribution in [2.24, 2.45) is 0 Å². The first-order valence-electron chi connectivity index (χ1n) is 16.6. The average molecular weight is 674 g/mol. The molecule has 0 radical (unpaired) electrons. The smallest absolute Gasteiger partial charge is 0.408 e. The quantitative estimate of drug-likeness (QED) is 0.125. The minimum absolute atomic E-state index is 0.0445. The number of carbonyl (C=O) groups excluding carboxylic acids is 3.